The fraction of sp³-hybridized carbons (Fsp3) is 1.00. The van der Waals surface area contributed by atoms with Crippen LogP contribution in [0.2, 0.25) is 0 Å². The zero-order valence-electron chi connectivity index (χ0n) is 3.09. The number of hydrogen-bond acceptors (Lipinski definition) is 1. The summed E-state index contributed by atoms with van der Waals surface area (Å²) in [5, 5.41) is 0. The van der Waals surface area contributed by atoms with Crippen molar-refractivity contribution in [2.24, 2.45) is 0 Å². The van der Waals surface area contributed by atoms with E-state index in [0.29, 0.717) is 0 Å². The van der Waals surface area contributed by atoms with E-state index in [0.717, 1.165) is 0 Å². The molecular formula is C2H3CuF3S. The first-order valence-corrected chi connectivity index (χ1v) is 1.87. The van der Waals surface area contributed by atoms with E-state index in [1.807, 2.05) is 0 Å². The molecule has 0 fully saturated rings. The largest absolute Gasteiger partial charge is 0.397 e. The molecule has 0 saturated carbocycles. The van der Waals surface area contributed by atoms with Gasteiger partial charge in [-0.3, -0.25) is 0 Å². The normalized spacial score (nSPS) is 10.3. The smallest absolute Gasteiger partial charge is 0.170 e. The first kappa shape index (κ1) is 10.6. The molecule has 0 atom stereocenters. The molecule has 0 spiro atoms. The van der Waals surface area contributed by atoms with Gasteiger partial charge in [-0.15, -0.1) is 0 Å². The van der Waals surface area contributed by atoms with Gasteiger partial charge in [0.2, 0.25) is 0 Å². The minimum atomic E-state index is -4.09. The Balaban J connectivity index is 0. The van der Waals surface area contributed by atoms with E-state index in [9.17, 15) is 13.2 Å². The van der Waals surface area contributed by atoms with E-state index >= 15 is 0 Å². The SMILES string of the molecule is FC(F)(F)CS.[Cu]. The summed E-state index contributed by atoms with van der Waals surface area (Å²) in [6.45, 7) is 0. The van der Waals surface area contributed by atoms with Gasteiger partial charge in [-0.25, -0.2) is 0 Å². The Kier molecular flexibility index (Phi) is 5.51. The number of halogens is 3. The van der Waals surface area contributed by atoms with Crippen LogP contribution in [0.4, 0.5) is 13.2 Å². The van der Waals surface area contributed by atoms with Gasteiger partial charge in [-0.2, -0.15) is 25.8 Å². The van der Waals surface area contributed by atoms with E-state index in [1.54, 1.807) is 0 Å². The van der Waals surface area contributed by atoms with Gasteiger partial charge in [-0.05, 0) is 0 Å². The third-order valence-electron chi connectivity index (χ3n) is 0.179. The first-order valence-electron chi connectivity index (χ1n) is 1.24. The van der Waals surface area contributed by atoms with Crippen molar-refractivity contribution in [2.45, 2.75) is 6.18 Å². The third-order valence-corrected chi connectivity index (χ3v) is 0.538. The van der Waals surface area contributed by atoms with Gasteiger partial charge in [0.1, 0.15) is 0 Å². The summed E-state index contributed by atoms with van der Waals surface area (Å²) in [5.74, 6) is -1.03. The van der Waals surface area contributed by atoms with Crippen molar-refractivity contribution < 1.29 is 30.2 Å². The van der Waals surface area contributed by atoms with Crippen LogP contribution in [0.5, 0.6) is 0 Å². The van der Waals surface area contributed by atoms with Crippen LogP contribution in [0.25, 0.3) is 0 Å². The van der Waals surface area contributed by atoms with Gasteiger partial charge in [0, 0.05) is 17.1 Å². The predicted octanol–water partition coefficient (Wildman–Crippen LogP) is 1.48. The maximum Gasteiger partial charge on any atom is 0.397 e. The molecule has 0 aromatic carbocycles. The molecule has 0 aliphatic carbocycles. The van der Waals surface area contributed by atoms with Crippen LogP contribution in [0.15, 0.2) is 0 Å². The monoisotopic (exact) mass is 179 g/mol. The van der Waals surface area contributed by atoms with Crippen molar-refractivity contribution in [3.8, 4) is 0 Å². The maximum atomic E-state index is 10.7. The number of rotatable bonds is 0. The zero-order chi connectivity index (χ0) is 5.21. The molecule has 1 radical (unpaired) electrons. The van der Waals surface area contributed by atoms with E-state index in [2.05, 4.69) is 12.6 Å². The Morgan fingerprint density at radius 2 is 1.43 bits per heavy atom. The average molecular weight is 180 g/mol. The van der Waals surface area contributed by atoms with Crippen LogP contribution in [0.3, 0.4) is 0 Å². The van der Waals surface area contributed by atoms with Gasteiger partial charge in [0.25, 0.3) is 0 Å². The molecule has 0 aliphatic heterocycles. The molecule has 0 saturated heterocycles. The molecule has 49 valence electrons. The van der Waals surface area contributed by atoms with Crippen LogP contribution in [-0.2, 0) is 17.1 Å². The molecule has 0 aliphatic rings. The standard InChI is InChI=1S/C2H3F3S.Cu/c3-2(4,5)1-6;/h6H,1H2;. The summed E-state index contributed by atoms with van der Waals surface area (Å²) in [6, 6.07) is 0. The van der Waals surface area contributed by atoms with Crippen LogP contribution < -0.4 is 0 Å². The van der Waals surface area contributed by atoms with Crippen molar-refractivity contribution in [2.75, 3.05) is 5.75 Å². The topological polar surface area (TPSA) is 0 Å². The van der Waals surface area contributed by atoms with Gasteiger partial charge >= 0.3 is 6.18 Å². The molecule has 7 heavy (non-hydrogen) atoms. The van der Waals surface area contributed by atoms with Crippen LogP contribution >= 0.6 is 12.6 Å². The fourth-order valence-electron chi connectivity index (χ4n) is 0. The van der Waals surface area contributed by atoms with E-state index in [4.69, 9.17) is 0 Å². The van der Waals surface area contributed by atoms with Crippen molar-refractivity contribution in [3.05, 3.63) is 0 Å². The van der Waals surface area contributed by atoms with Gasteiger partial charge in [-0.1, -0.05) is 0 Å². The van der Waals surface area contributed by atoms with Crippen LogP contribution in [0.1, 0.15) is 0 Å². The Morgan fingerprint density at radius 1 is 1.29 bits per heavy atom. The first-order chi connectivity index (χ1) is 2.56. The second kappa shape index (κ2) is 3.64. The third kappa shape index (κ3) is 10.8. The van der Waals surface area contributed by atoms with Crippen LogP contribution in [-0.4, -0.2) is 11.9 Å². The van der Waals surface area contributed by atoms with E-state index < -0.39 is 11.9 Å². The molecule has 0 N–H and O–H groups in total. The average Bonchev–Trinajstić information content (AvgIpc) is 1.35. The van der Waals surface area contributed by atoms with Crippen LogP contribution in [0, 0.1) is 0 Å². The summed E-state index contributed by atoms with van der Waals surface area (Å²) < 4.78 is 32.1. The molecule has 5 heteroatoms. The molecule has 0 nitrogen and oxygen atoms in total. The Morgan fingerprint density at radius 3 is 1.43 bits per heavy atom. The zero-order valence-corrected chi connectivity index (χ0v) is 4.93. The fourth-order valence-corrected chi connectivity index (χ4v) is 0. The van der Waals surface area contributed by atoms with Crippen molar-refractivity contribution in [3.63, 3.8) is 0 Å². The predicted molar refractivity (Wildman–Crippen MR) is 19.9 cm³/mol. The number of alkyl halides is 3. The molecule has 0 unspecified atom stereocenters. The summed E-state index contributed by atoms with van der Waals surface area (Å²) in [4.78, 5) is 0. The Hall–Kier alpha value is 0.659. The van der Waals surface area contributed by atoms with E-state index in [1.165, 1.54) is 0 Å². The minimum absolute atomic E-state index is 0. The van der Waals surface area contributed by atoms with Crippen molar-refractivity contribution in [1.29, 1.82) is 0 Å². The summed E-state index contributed by atoms with van der Waals surface area (Å²) >= 11 is 2.98. The maximum absolute atomic E-state index is 10.7. The molecular weight excluding hydrogens is 177 g/mol. The molecule has 0 aromatic heterocycles. The minimum Gasteiger partial charge on any atom is -0.170 e. The van der Waals surface area contributed by atoms with Gasteiger partial charge in [0.05, 0.1) is 5.75 Å². The second-order valence-corrected chi connectivity index (χ2v) is 1.09. The molecule has 0 amide bonds. The van der Waals surface area contributed by atoms with E-state index in [-0.39, 0.29) is 17.1 Å². The quantitative estimate of drug-likeness (QED) is 0.423. The molecule has 0 rings (SSSR count). The Bertz CT molecular complexity index is 42.7. The van der Waals surface area contributed by atoms with Crippen molar-refractivity contribution in [1.82, 2.24) is 0 Å². The summed E-state index contributed by atoms with van der Waals surface area (Å²) in [5.41, 5.74) is 0. The van der Waals surface area contributed by atoms with Gasteiger partial charge in [0.15, 0.2) is 0 Å². The van der Waals surface area contributed by atoms with Crippen molar-refractivity contribution >= 4 is 12.6 Å². The summed E-state index contributed by atoms with van der Waals surface area (Å²) in [7, 11) is 0. The number of hydrogen-bond donors (Lipinski definition) is 1. The number of thiol groups is 1. The molecule has 0 bridgehead atoms. The Labute approximate surface area is 55.4 Å². The second-order valence-electron chi connectivity index (χ2n) is 0.773. The molecule has 0 heterocycles. The summed E-state index contributed by atoms with van der Waals surface area (Å²) in [6.07, 6.45) is -4.09. The van der Waals surface area contributed by atoms with Gasteiger partial charge < -0.3 is 0 Å². The molecule has 0 aromatic rings.